The molecular formula is C14H12F3N3OS. The van der Waals surface area contributed by atoms with Crippen LogP contribution in [0.2, 0.25) is 0 Å². The third-order valence-corrected chi connectivity index (χ3v) is 4.09. The van der Waals surface area contributed by atoms with Crippen LogP contribution in [0.5, 0.6) is 0 Å². The summed E-state index contributed by atoms with van der Waals surface area (Å²) in [4.78, 5) is 3.36. The quantitative estimate of drug-likeness (QED) is 0.768. The lowest BCUT2D eigenvalue weighted by atomic mass is 9.99. The van der Waals surface area contributed by atoms with Crippen LogP contribution in [-0.2, 0) is 6.18 Å². The van der Waals surface area contributed by atoms with Gasteiger partial charge in [-0.15, -0.1) is 0 Å². The van der Waals surface area contributed by atoms with Gasteiger partial charge >= 0.3 is 12.1 Å². The highest BCUT2D eigenvalue weighted by Crippen LogP contribution is 2.37. The van der Waals surface area contributed by atoms with Crippen molar-refractivity contribution >= 4 is 17.7 Å². The highest BCUT2D eigenvalue weighted by atomic mass is 32.2. The van der Waals surface area contributed by atoms with E-state index < -0.39 is 12.1 Å². The van der Waals surface area contributed by atoms with Crippen molar-refractivity contribution in [3.8, 4) is 11.4 Å². The molecule has 0 fully saturated rings. The molecule has 0 saturated carbocycles. The van der Waals surface area contributed by atoms with E-state index in [0.29, 0.717) is 5.56 Å². The maximum atomic E-state index is 12.4. The number of hydrogen-bond acceptors (Lipinski definition) is 5. The standard InChI is InChI=1S/C14H12F3N3OS/c1-13(2)7-10(20-22-13)8-3-5-9(6-4-8)11-18-12(21-19-11)14(15,16)17/h3-6H,7H2,1-2H3. The molecule has 2 heterocycles. The van der Waals surface area contributed by atoms with Gasteiger partial charge in [-0.1, -0.05) is 29.4 Å². The van der Waals surface area contributed by atoms with Gasteiger partial charge in [0.2, 0.25) is 5.82 Å². The molecular weight excluding hydrogens is 315 g/mol. The molecule has 2 aromatic rings. The summed E-state index contributed by atoms with van der Waals surface area (Å²) in [7, 11) is 0. The fraction of sp³-hybridized carbons (Fsp3) is 0.357. The topological polar surface area (TPSA) is 51.3 Å². The zero-order chi connectivity index (χ0) is 16.0. The van der Waals surface area contributed by atoms with Gasteiger partial charge in [-0.25, -0.2) is 4.40 Å². The molecule has 0 spiro atoms. The molecule has 1 aliphatic rings. The second-order valence-electron chi connectivity index (χ2n) is 5.56. The number of rotatable bonds is 2. The third-order valence-electron chi connectivity index (χ3n) is 3.14. The van der Waals surface area contributed by atoms with Gasteiger partial charge < -0.3 is 4.52 Å². The minimum Gasteiger partial charge on any atom is -0.329 e. The Kier molecular flexibility index (Phi) is 3.51. The smallest absolute Gasteiger partial charge is 0.329 e. The minimum absolute atomic E-state index is 0.0727. The van der Waals surface area contributed by atoms with Gasteiger partial charge in [0.1, 0.15) is 0 Å². The first-order valence-electron chi connectivity index (χ1n) is 6.51. The number of halogens is 3. The predicted molar refractivity (Wildman–Crippen MR) is 77.6 cm³/mol. The van der Waals surface area contributed by atoms with Gasteiger partial charge in [0.05, 0.1) is 5.71 Å². The van der Waals surface area contributed by atoms with E-state index >= 15 is 0 Å². The lowest BCUT2D eigenvalue weighted by Gasteiger charge is -2.12. The Morgan fingerprint density at radius 1 is 1.14 bits per heavy atom. The maximum Gasteiger partial charge on any atom is 0.471 e. The highest BCUT2D eigenvalue weighted by molar-refractivity contribution is 7.99. The number of alkyl halides is 3. The Bertz CT molecular complexity index is 720. The van der Waals surface area contributed by atoms with Gasteiger partial charge in [-0.05, 0) is 31.4 Å². The molecule has 0 radical (unpaired) electrons. The fourth-order valence-electron chi connectivity index (χ4n) is 2.07. The van der Waals surface area contributed by atoms with Crippen LogP contribution in [-0.4, -0.2) is 20.6 Å². The van der Waals surface area contributed by atoms with E-state index in [2.05, 4.69) is 32.9 Å². The molecule has 0 amide bonds. The van der Waals surface area contributed by atoms with Gasteiger partial charge in [-0.3, -0.25) is 0 Å². The van der Waals surface area contributed by atoms with Crippen molar-refractivity contribution in [2.75, 3.05) is 0 Å². The molecule has 3 rings (SSSR count). The number of hydrogen-bond donors (Lipinski definition) is 0. The van der Waals surface area contributed by atoms with E-state index in [1.54, 1.807) is 24.3 Å². The summed E-state index contributed by atoms with van der Waals surface area (Å²) in [5.41, 5.74) is 2.39. The van der Waals surface area contributed by atoms with Crippen LogP contribution >= 0.6 is 11.9 Å². The van der Waals surface area contributed by atoms with Crippen molar-refractivity contribution in [3.63, 3.8) is 0 Å². The van der Waals surface area contributed by atoms with Gasteiger partial charge in [0, 0.05) is 16.7 Å². The minimum atomic E-state index is -4.63. The summed E-state index contributed by atoms with van der Waals surface area (Å²) in [5, 5.41) is 3.36. The molecule has 1 aliphatic heterocycles. The lowest BCUT2D eigenvalue weighted by Crippen LogP contribution is -2.13. The van der Waals surface area contributed by atoms with Crippen molar-refractivity contribution in [2.24, 2.45) is 4.40 Å². The Morgan fingerprint density at radius 2 is 1.77 bits per heavy atom. The molecule has 1 aromatic carbocycles. The van der Waals surface area contributed by atoms with Crippen LogP contribution in [0.1, 0.15) is 31.7 Å². The van der Waals surface area contributed by atoms with Gasteiger partial charge in [0.25, 0.3) is 0 Å². The Hall–Kier alpha value is -1.83. The molecule has 0 atom stereocenters. The third kappa shape index (κ3) is 3.01. The first-order valence-corrected chi connectivity index (χ1v) is 7.29. The first kappa shape index (κ1) is 15.1. The summed E-state index contributed by atoms with van der Waals surface area (Å²) < 4.78 is 46.1. The number of nitrogens with zero attached hydrogens (tertiary/aromatic N) is 3. The maximum absolute atomic E-state index is 12.4. The average molecular weight is 327 g/mol. The van der Waals surface area contributed by atoms with Crippen LogP contribution in [0.3, 0.4) is 0 Å². The summed E-state index contributed by atoms with van der Waals surface area (Å²) >= 11 is 1.53. The normalized spacial score (nSPS) is 17.6. The molecule has 4 nitrogen and oxygen atoms in total. The van der Waals surface area contributed by atoms with E-state index in [1.807, 2.05) is 0 Å². The second-order valence-corrected chi connectivity index (χ2v) is 7.03. The summed E-state index contributed by atoms with van der Waals surface area (Å²) in [6.45, 7) is 4.22. The number of benzene rings is 1. The Morgan fingerprint density at radius 3 is 2.27 bits per heavy atom. The van der Waals surface area contributed by atoms with Crippen LogP contribution in [0.25, 0.3) is 11.4 Å². The van der Waals surface area contributed by atoms with Crippen molar-refractivity contribution < 1.29 is 17.7 Å². The zero-order valence-electron chi connectivity index (χ0n) is 11.8. The van der Waals surface area contributed by atoms with Crippen molar-refractivity contribution in [2.45, 2.75) is 31.2 Å². The van der Waals surface area contributed by atoms with Crippen LogP contribution < -0.4 is 0 Å². The largest absolute Gasteiger partial charge is 0.471 e. The van der Waals surface area contributed by atoms with Crippen molar-refractivity contribution in [1.82, 2.24) is 10.1 Å². The van der Waals surface area contributed by atoms with E-state index in [1.165, 1.54) is 11.9 Å². The molecule has 8 heteroatoms. The van der Waals surface area contributed by atoms with Crippen molar-refractivity contribution in [3.05, 3.63) is 35.7 Å². The van der Waals surface area contributed by atoms with E-state index in [0.717, 1.165) is 17.7 Å². The monoisotopic (exact) mass is 327 g/mol. The molecule has 0 N–H and O–H groups in total. The van der Waals surface area contributed by atoms with E-state index in [4.69, 9.17) is 0 Å². The SMILES string of the molecule is CC1(C)CC(c2ccc(-c3noc(C(F)(F)F)n3)cc2)=NS1. The molecule has 1 aromatic heterocycles. The Balaban J connectivity index is 1.82. The second kappa shape index (κ2) is 5.12. The average Bonchev–Trinajstić information content (AvgIpc) is 3.05. The molecule has 116 valence electrons. The molecule has 0 bridgehead atoms. The molecule has 0 aliphatic carbocycles. The van der Waals surface area contributed by atoms with Crippen LogP contribution in [0.15, 0.2) is 33.2 Å². The molecule has 0 saturated heterocycles. The van der Waals surface area contributed by atoms with E-state index in [-0.39, 0.29) is 10.6 Å². The van der Waals surface area contributed by atoms with Gasteiger partial charge in [0.15, 0.2) is 0 Å². The highest BCUT2D eigenvalue weighted by Gasteiger charge is 2.38. The van der Waals surface area contributed by atoms with Crippen LogP contribution in [0, 0.1) is 0 Å². The predicted octanol–water partition coefficient (Wildman–Crippen LogP) is 4.38. The lowest BCUT2D eigenvalue weighted by molar-refractivity contribution is -0.159. The zero-order valence-corrected chi connectivity index (χ0v) is 12.6. The summed E-state index contributed by atoms with van der Waals surface area (Å²) in [5.74, 6) is -1.42. The summed E-state index contributed by atoms with van der Waals surface area (Å²) in [6.07, 6.45) is -3.79. The Labute approximate surface area is 129 Å². The van der Waals surface area contributed by atoms with Crippen LogP contribution in [0.4, 0.5) is 13.2 Å². The van der Waals surface area contributed by atoms with E-state index in [9.17, 15) is 13.2 Å². The molecule has 22 heavy (non-hydrogen) atoms. The van der Waals surface area contributed by atoms with Crippen molar-refractivity contribution in [1.29, 1.82) is 0 Å². The fourth-order valence-corrected chi connectivity index (χ4v) is 2.80. The number of aromatic nitrogens is 2. The van der Waals surface area contributed by atoms with Gasteiger partial charge in [-0.2, -0.15) is 18.2 Å². The molecule has 0 unspecified atom stereocenters. The summed E-state index contributed by atoms with van der Waals surface area (Å²) in [6, 6.07) is 6.94. The first-order chi connectivity index (χ1) is 10.2.